The molecule has 4 rings (SSSR count). The largest absolute Gasteiger partial charge is 0.336 e. The summed E-state index contributed by atoms with van der Waals surface area (Å²) >= 11 is 1.55. The first-order chi connectivity index (χ1) is 16.0. The average Bonchev–Trinajstić information content (AvgIpc) is 3.20. The highest BCUT2D eigenvalue weighted by Gasteiger charge is 2.21. The summed E-state index contributed by atoms with van der Waals surface area (Å²) in [5, 5.41) is 9.17. The van der Waals surface area contributed by atoms with E-state index in [1.807, 2.05) is 32.0 Å². The molecule has 0 saturated heterocycles. The number of urea groups is 1. The molecule has 0 saturated carbocycles. The van der Waals surface area contributed by atoms with E-state index in [0.29, 0.717) is 17.2 Å². The molecule has 0 atom stereocenters. The molecule has 0 bridgehead atoms. The number of hydrogen-bond acceptors (Lipinski definition) is 5. The molecule has 172 valence electrons. The molecule has 1 aromatic heterocycles. The van der Waals surface area contributed by atoms with Gasteiger partial charge in [-0.25, -0.2) is 9.78 Å². The van der Waals surface area contributed by atoms with E-state index in [2.05, 4.69) is 50.1 Å². The topological polar surface area (TPSA) is 86.4 Å². The lowest BCUT2D eigenvalue weighted by molar-refractivity contribution is 0.102. The van der Waals surface area contributed by atoms with Crippen molar-refractivity contribution in [3.8, 4) is 0 Å². The van der Waals surface area contributed by atoms with Gasteiger partial charge in [-0.1, -0.05) is 42.5 Å². The number of benzene rings is 2. The number of anilines is 1. The van der Waals surface area contributed by atoms with Gasteiger partial charge in [-0.3, -0.25) is 15.0 Å². The Morgan fingerprint density at radius 3 is 2.55 bits per heavy atom. The molecular weight excluding hydrogens is 434 g/mol. The van der Waals surface area contributed by atoms with Gasteiger partial charge in [-0.15, -0.1) is 11.3 Å². The number of nitrogens with one attached hydrogen (secondary N) is 3. The molecule has 8 heteroatoms. The second-order valence-corrected chi connectivity index (χ2v) is 9.55. The lowest BCUT2D eigenvalue weighted by atomic mass is 10.1. The molecule has 1 aliphatic rings. The van der Waals surface area contributed by atoms with Crippen molar-refractivity contribution in [1.29, 1.82) is 0 Å². The van der Waals surface area contributed by atoms with Crippen LogP contribution in [0.3, 0.4) is 0 Å². The van der Waals surface area contributed by atoms with Crippen LogP contribution in [0.1, 0.15) is 45.9 Å². The first kappa shape index (κ1) is 22.9. The standard InChI is InChI=1S/C25H29N5O2S/c1-17(2)27-24(32)26-14-18-8-10-20(11-9-18)23(31)29-25-28-21-12-13-30(16-22(21)33-25)15-19-6-4-3-5-7-19/h3-11,17H,12-16H2,1-2H3,(H2,26,27,32)(H,28,29,31). The molecular formula is C25H29N5O2S. The monoisotopic (exact) mass is 463 g/mol. The molecule has 0 aliphatic carbocycles. The SMILES string of the molecule is CC(C)NC(=O)NCc1ccc(C(=O)Nc2nc3c(s2)CN(Cc2ccccc2)CC3)cc1. The first-order valence-electron chi connectivity index (χ1n) is 11.2. The smallest absolute Gasteiger partial charge is 0.315 e. The number of carbonyl (C=O) groups is 2. The summed E-state index contributed by atoms with van der Waals surface area (Å²) in [6.07, 6.45) is 0.890. The molecule has 2 aromatic carbocycles. The second-order valence-electron chi connectivity index (χ2n) is 8.47. The Hall–Kier alpha value is -3.23. The van der Waals surface area contributed by atoms with Crippen molar-refractivity contribution in [3.63, 3.8) is 0 Å². The summed E-state index contributed by atoms with van der Waals surface area (Å²) < 4.78 is 0. The maximum Gasteiger partial charge on any atom is 0.315 e. The average molecular weight is 464 g/mol. The molecule has 7 nitrogen and oxygen atoms in total. The van der Waals surface area contributed by atoms with E-state index >= 15 is 0 Å². The van der Waals surface area contributed by atoms with Crippen LogP contribution in [0.2, 0.25) is 0 Å². The van der Waals surface area contributed by atoms with E-state index in [1.165, 1.54) is 10.4 Å². The number of rotatable bonds is 7. The Kier molecular flexibility index (Phi) is 7.36. The molecule has 0 unspecified atom stereocenters. The number of aromatic nitrogens is 1. The minimum atomic E-state index is -0.207. The Labute approximate surface area is 198 Å². The van der Waals surface area contributed by atoms with E-state index in [4.69, 9.17) is 0 Å². The molecule has 3 amide bonds. The van der Waals surface area contributed by atoms with Crippen LogP contribution in [0.5, 0.6) is 0 Å². The third-order valence-electron chi connectivity index (χ3n) is 5.37. The summed E-state index contributed by atoms with van der Waals surface area (Å²) in [5.74, 6) is -0.181. The van der Waals surface area contributed by atoms with Gasteiger partial charge in [-0.2, -0.15) is 0 Å². The van der Waals surface area contributed by atoms with Crippen LogP contribution in [-0.2, 0) is 26.1 Å². The molecule has 0 radical (unpaired) electrons. The van der Waals surface area contributed by atoms with Crippen LogP contribution < -0.4 is 16.0 Å². The zero-order valence-corrected chi connectivity index (χ0v) is 19.7. The van der Waals surface area contributed by atoms with Crippen molar-refractivity contribution in [3.05, 3.63) is 81.9 Å². The van der Waals surface area contributed by atoms with E-state index < -0.39 is 0 Å². The van der Waals surface area contributed by atoms with Gasteiger partial charge in [0.15, 0.2) is 5.13 Å². The highest BCUT2D eigenvalue weighted by atomic mass is 32.1. The quantitative estimate of drug-likeness (QED) is 0.491. The lowest BCUT2D eigenvalue weighted by Crippen LogP contribution is -2.39. The predicted molar refractivity (Wildman–Crippen MR) is 131 cm³/mol. The fourth-order valence-corrected chi connectivity index (χ4v) is 4.76. The van der Waals surface area contributed by atoms with Crippen molar-refractivity contribution in [1.82, 2.24) is 20.5 Å². The van der Waals surface area contributed by atoms with Gasteiger partial charge < -0.3 is 10.6 Å². The van der Waals surface area contributed by atoms with Gasteiger partial charge in [0.2, 0.25) is 0 Å². The van der Waals surface area contributed by atoms with Gasteiger partial charge >= 0.3 is 6.03 Å². The van der Waals surface area contributed by atoms with E-state index in [9.17, 15) is 9.59 Å². The van der Waals surface area contributed by atoms with Gasteiger partial charge in [0.25, 0.3) is 5.91 Å². The number of nitrogens with zero attached hydrogens (tertiary/aromatic N) is 2. The fraction of sp³-hybridized carbons (Fsp3) is 0.320. The summed E-state index contributed by atoms with van der Waals surface area (Å²) in [4.78, 5) is 32.7. The second kappa shape index (κ2) is 10.6. The number of carbonyl (C=O) groups excluding carboxylic acids is 2. The number of hydrogen-bond donors (Lipinski definition) is 3. The zero-order chi connectivity index (χ0) is 23.2. The maximum absolute atomic E-state index is 12.7. The van der Waals surface area contributed by atoms with Gasteiger partial charge in [0.1, 0.15) is 0 Å². The van der Waals surface area contributed by atoms with E-state index in [0.717, 1.165) is 37.3 Å². The Morgan fingerprint density at radius 2 is 1.82 bits per heavy atom. The van der Waals surface area contributed by atoms with Crippen molar-refractivity contribution in [2.75, 3.05) is 11.9 Å². The molecule has 33 heavy (non-hydrogen) atoms. The van der Waals surface area contributed by atoms with E-state index in [-0.39, 0.29) is 18.0 Å². The third kappa shape index (κ3) is 6.40. The fourth-order valence-electron chi connectivity index (χ4n) is 3.72. The molecule has 0 fully saturated rings. The molecule has 1 aliphatic heterocycles. The van der Waals surface area contributed by atoms with Crippen molar-refractivity contribution in [2.45, 2.75) is 45.9 Å². The predicted octanol–water partition coefficient (Wildman–Crippen LogP) is 4.16. The van der Waals surface area contributed by atoms with E-state index in [1.54, 1.807) is 23.5 Å². The summed E-state index contributed by atoms with van der Waals surface area (Å²) in [6, 6.07) is 17.6. The lowest BCUT2D eigenvalue weighted by Gasteiger charge is -2.25. The Balaban J connectivity index is 1.31. The van der Waals surface area contributed by atoms with Gasteiger partial charge in [0, 0.05) is 49.1 Å². The van der Waals surface area contributed by atoms with Crippen LogP contribution in [0.25, 0.3) is 0 Å². The molecule has 3 aromatic rings. The summed E-state index contributed by atoms with van der Waals surface area (Å²) in [5.41, 5.74) is 3.87. The Morgan fingerprint density at radius 1 is 1.06 bits per heavy atom. The maximum atomic E-state index is 12.7. The third-order valence-corrected chi connectivity index (χ3v) is 6.37. The van der Waals surface area contributed by atoms with Crippen LogP contribution in [0.4, 0.5) is 9.93 Å². The van der Waals surface area contributed by atoms with Gasteiger partial charge in [0.05, 0.1) is 5.69 Å². The van der Waals surface area contributed by atoms with Crippen LogP contribution in [-0.4, -0.2) is 34.4 Å². The summed E-state index contributed by atoms with van der Waals surface area (Å²) in [6.45, 7) is 6.95. The molecule has 3 N–H and O–H groups in total. The van der Waals surface area contributed by atoms with Gasteiger partial charge in [-0.05, 0) is 37.1 Å². The number of fused-ring (bicyclic) bond motifs is 1. The van der Waals surface area contributed by atoms with Crippen LogP contribution in [0.15, 0.2) is 54.6 Å². The van der Waals surface area contributed by atoms with Crippen molar-refractivity contribution >= 4 is 28.4 Å². The van der Waals surface area contributed by atoms with Crippen LogP contribution >= 0.6 is 11.3 Å². The first-order valence-corrected chi connectivity index (χ1v) is 12.0. The minimum Gasteiger partial charge on any atom is -0.336 e. The normalized spacial score (nSPS) is 13.4. The van der Waals surface area contributed by atoms with Crippen LogP contribution in [0, 0.1) is 0 Å². The van der Waals surface area contributed by atoms with Crippen molar-refractivity contribution < 1.29 is 9.59 Å². The number of thiazole rings is 1. The molecule has 0 spiro atoms. The zero-order valence-electron chi connectivity index (χ0n) is 18.9. The minimum absolute atomic E-state index is 0.0829. The molecule has 2 heterocycles. The highest BCUT2D eigenvalue weighted by molar-refractivity contribution is 7.15. The summed E-state index contributed by atoms with van der Waals surface area (Å²) in [7, 11) is 0. The Bertz CT molecular complexity index is 1100. The number of amides is 3. The van der Waals surface area contributed by atoms with Crippen molar-refractivity contribution in [2.24, 2.45) is 0 Å². The highest BCUT2D eigenvalue weighted by Crippen LogP contribution is 2.29.